The van der Waals surface area contributed by atoms with Crippen LogP contribution in [0.4, 0.5) is 0 Å². The van der Waals surface area contributed by atoms with E-state index in [0.717, 1.165) is 19.0 Å². The van der Waals surface area contributed by atoms with Crippen LogP contribution in [0.15, 0.2) is 0 Å². The van der Waals surface area contributed by atoms with E-state index >= 15 is 0 Å². The molecule has 2 rings (SSSR count). The summed E-state index contributed by atoms with van der Waals surface area (Å²) in [6.45, 7) is 2.95. The molecule has 2 N–H and O–H groups in total. The van der Waals surface area contributed by atoms with E-state index in [2.05, 4.69) is 10.8 Å². The number of terminal acetylenes is 1. The maximum atomic E-state index is 6.48. The molecule has 2 saturated carbocycles. The zero-order valence-corrected chi connectivity index (χ0v) is 10.3. The first-order valence-electron chi connectivity index (χ1n) is 6.66. The topological polar surface area (TPSA) is 29.3 Å². The van der Waals surface area contributed by atoms with E-state index in [1.54, 1.807) is 0 Å². The van der Waals surface area contributed by atoms with Gasteiger partial charge in [-0.1, -0.05) is 25.2 Å². The fourth-order valence-corrected chi connectivity index (χ4v) is 2.84. The summed E-state index contributed by atoms with van der Waals surface area (Å²) in [5.41, 5.74) is 6.52. The second-order valence-electron chi connectivity index (χ2n) is 5.74. The maximum Gasteiger partial charge on any atom is 0.0599 e. The minimum Gasteiger partial charge on any atom is -0.324 e. The average Bonchev–Trinajstić information content (AvgIpc) is 3.02. The Labute approximate surface area is 99.6 Å². The van der Waals surface area contributed by atoms with Crippen LogP contribution in [0.2, 0.25) is 0 Å². The van der Waals surface area contributed by atoms with Gasteiger partial charge < -0.3 is 5.73 Å². The van der Waals surface area contributed by atoms with Crippen molar-refractivity contribution in [1.29, 1.82) is 0 Å². The molecule has 0 aromatic heterocycles. The lowest BCUT2D eigenvalue weighted by atomic mass is 9.82. The highest BCUT2D eigenvalue weighted by Gasteiger charge is 2.31. The summed E-state index contributed by atoms with van der Waals surface area (Å²) in [6.07, 6.45) is 14.5. The number of nitrogens with two attached hydrogens (primary N) is 1. The van der Waals surface area contributed by atoms with E-state index in [1.807, 2.05) is 0 Å². The molecule has 2 fully saturated rings. The molecule has 0 aromatic carbocycles. The van der Waals surface area contributed by atoms with Crippen LogP contribution in [0.5, 0.6) is 0 Å². The number of nitrogens with zero attached hydrogens (tertiary/aromatic N) is 1. The molecule has 0 saturated heterocycles. The van der Waals surface area contributed by atoms with Crippen molar-refractivity contribution in [3.05, 3.63) is 0 Å². The summed E-state index contributed by atoms with van der Waals surface area (Å²) in [6, 6.07) is 0. The third-order valence-electron chi connectivity index (χ3n) is 3.92. The first kappa shape index (κ1) is 12.0. The van der Waals surface area contributed by atoms with Gasteiger partial charge in [0.1, 0.15) is 0 Å². The molecule has 90 valence electrons. The summed E-state index contributed by atoms with van der Waals surface area (Å²) in [5, 5.41) is 0. The summed E-state index contributed by atoms with van der Waals surface area (Å²) in [4.78, 5) is 2.41. The van der Waals surface area contributed by atoms with E-state index < -0.39 is 0 Å². The Hall–Kier alpha value is -0.520. The van der Waals surface area contributed by atoms with Crippen molar-refractivity contribution in [2.24, 2.45) is 11.7 Å². The van der Waals surface area contributed by atoms with Gasteiger partial charge in [-0.05, 0) is 31.6 Å². The van der Waals surface area contributed by atoms with Crippen LogP contribution in [0.1, 0.15) is 44.9 Å². The molecule has 0 bridgehead atoms. The van der Waals surface area contributed by atoms with E-state index in [0.29, 0.717) is 0 Å². The van der Waals surface area contributed by atoms with Crippen molar-refractivity contribution in [3.63, 3.8) is 0 Å². The molecule has 0 heterocycles. The van der Waals surface area contributed by atoms with Crippen molar-refractivity contribution in [3.8, 4) is 12.3 Å². The molecule has 2 heteroatoms. The molecule has 0 unspecified atom stereocenters. The lowest BCUT2D eigenvalue weighted by Gasteiger charge is -2.37. The van der Waals surface area contributed by atoms with Gasteiger partial charge in [0.05, 0.1) is 6.54 Å². The number of hydrogen-bond donors (Lipinski definition) is 1. The van der Waals surface area contributed by atoms with Gasteiger partial charge in [-0.3, -0.25) is 4.90 Å². The van der Waals surface area contributed by atoms with E-state index in [-0.39, 0.29) is 5.54 Å². The highest BCUT2D eigenvalue weighted by Crippen LogP contribution is 2.31. The van der Waals surface area contributed by atoms with Crippen LogP contribution in [0, 0.1) is 18.3 Å². The van der Waals surface area contributed by atoms with E-state index in [9.17, 15) is 0 Å². The Morgan fingerprint density at radius 3 is 2.50 bits per heavy atom. The lowest BCUT2D eigenvalue weighted by Crippen LogP contribution is -2.51. The molecule has 0 aromatic rings. The van der Waals surface area contributed by atoms with E-state index in [4.69, 9.17) is 12.2 Å². The first-order chi connectivity index (χ1) is 7.72. The number of rotatable bonds is 5. The molecule has 0 amide bonds. The largest absolute Gasteiger partial charge is 0.324 e. The molecule has 16 heavy (non-hydrogen) atoms. The van der Waals surface area contributed by atoms with Gasteiger partial charge in [-0.2, -0.15) is 0 Å². The Bertz CT molecular complexity index is 256. The van der Waals surface area contributed by atoms with Crippen molar-refractivity contribution in [2.45, 2.75) is 50.5 Å². The average molecular weight is 220 g/mol. The molecule has 0 atom stereocenters. The highest BCUT2D eigenvalue weighted by molar-refractivity contribution is 4.96. The Balaban J connectivity index is 1.84. The van der Waals surface area contributed by atoms with Gasteiger partial charge >= 0.3 is 0 Å². The molecule has 0 spiro atoms. The smallest absolute Gasteiger partial charge is 0.0599 e. The van der Waals surface area contributed by atoms with Crippen molar-refractivity contribution < 1.29 is 0 Å². The molecule has 0 radical (unpaired) electrons. The maximum absolute atomic E-state index is 6.48. The Morgan fingerprint density at radius 1 is 1.25 bits per heavy atom. The van der Waals surface area contributed by atoms with Crippen molar-refractivity contribution >= 4 is 0 Å². The quantitative estimate of drug-likeness (QED) is 0.718. The van der Waals surface area contributed by atoms with Gasteiger partial charge in [0.25, 0.3) is 0 Å². The molecule has 0 aliphatic heterocycles. The van der Waals surface area contributed by atoms with E-state index in [1.165, 1.54) is 51.5 Å². The van der Waals surface area contributed by atoms with Gasteiger partial charge in [-0.15, -0.1) is 6.42 Å². The summed E-state index contributed by atoms with van der Waals surface area (Å²) in [7, 11) is 0. The molecular formula is C14H24N2. The van der Waals surface area contributed by atoms with Gasteiger partial charge in [0.2, 0.25) is 0 Å². The zero-order chi connectivity index (χ0) is 11.4. The third kappa shape index (κ3) is 3.50. The fraction of sp³-hybridized carbons (Fsp3) is 0.857. The van der Waals surface area contributed by atoms with Crippen LogP contribution >= 0.6 is 0 Å². The normalized spacial score (nSPS) is 24.3. The third-order valence-corrected chi connectivity index (χ3v) is 3.92. The lowest BCUT2D eigenvalue weighted by molar-refractivity contribution is 0.181. The van der Waals surface area contributed by atoms with Crippen LogP contribution in [-0.4, -0.2) is 30.1 Å². The summed E-state index contributed by atoms with van der Waals surface area (Å²) < 4.78 is 0. The molecule has 2 aliphatic carbocycles. The molecular weight excluding hydrogens is 196 g/mol. The summed E-state index contributed by atoms with van der Waals surface area (Å²) >= 11 is 0. The van der Waals surface area contributed by atoms with Crippen LogP contribution < -0.4 is 5.73 Å². The van der Waals surface area contributed by atoms with Crippen molar-refractivity contribution in [2.75, 3.05) is 19.6 Å². The first-order valence-corrected chi connectivity index (χ1v) is 6.66. The minimum atomic E-state index is 0.0456. The minimum absolute atomic E-state index is 0.0456. The Morgan fingerprint density at radius 2 is 1.94 bits per heavy atom. The predicted octanol–water partition coefficient (Wildman–Crippen LogP) is 1.99. The second-order valence-corrected chi connectivity index (χ2v) is 5.74. The number of hydrogen-bond acceptors (Lipinski definition) is 2. The van der Waals surface area contributed by atoms with Crippen LogP contribution in [0.3, 0.4) is 0 Å². The fourth-order valence-electron chi connectivity index (χ4n) is 2.84. The van der Waals surface area contributed by atoms with Crippen LogP contribution in [-0.2, 0) is 0 Å². The van der Waals surface area contributed by atoms with Gasteiger partial charge in [-0.25, -0.2) is 0 Å². The second kappa shape index (κ2) is 5.21. The highest BCUT2D eigenvalue weighted by atomic mass is 15.1. The van der Waals surface area contributed by atoms with Crippen molar-refractivity contribution in [1.82, 2.24) is 4.90 Å². The SMILES string of the molecule is C#CCN(CC1CC1)CC1(N)CCCCC1. The van der Waals surface area contributed by atoms with Gasteiger partial charge in [0, 0.05) is 18.6 Å². The molecule has 2 nitrogen and oxygen atoms in total. The van der Waals surface area contributed by atoms with Crippen LogP contribution in [0.25, 0.3) is 0 Å². The zero-order valence-electron chi connectivity index (χ0n) is 10.3. The standard InChI is InChI=1S/C14H24N2/c1-2-10-16(11-13-6-7-13)12-14(15)8-4-3-5-9-14/h1,13H,3-12,15H2. The monoisotopic (exact) mass is 220 g/mol. The summed E-state index contributed by atoms with van der Waals surface area (Å²) in [5.74, 6) is 3.68. The predicted molar refractivity (Wildman–Crippen MR) is 68.0 cm³/mol. The van der Waals surface area contributed by atoms with Gasteiger partial charge in [0.15, 0.2) is 0 Å². The molecule has 2 aliphatic rings. The Kier molecular flexibility index (Phi) is 3.89.